The van der Waals surface area contributed by atoms with Gasteiger partial charge < -0.3 is 20.1 Å². The van der Waals surface area contributed by atoms with Crippen molar-refractivity contribution < 1.29 is 9.47 Å². The van der Waals surface area contributed by atoms with Crippen LogP contribution in [0.25, 0.3) is 0 Å². The predicted octanol–water partition coefficient (Wildman–Crippen LogP) is 4.52. The maximum Gasteiger partial charge on any atom is 0.175 e. The molecule has 0 bridgehead atoms. The van der Waals surface area contributed by atoms with Crippen LogP contribution in [0.2, 0.25) is 0 Å². The van der Waals surface area contributed by atoms with Crippen LogP contribution in [0.15, 0.2) is 59.3 Å². The number of anilines is 2. The predicted molar refractivity (Wildman–Crippen MR) is 115 cm³/mol. The van der Waals surface area contributed by atoms with Gasteiger partial charge in [0.1, 0.15) is 0 Å². The molecule has 6 nitrogen and oxygen atoms in total. The van der Waals surface area contributed by atoms with E-state index in [1.165, 1.54) is 0 Å². The highest BCUT2D eigenvalue weighted by Crippen LogP contribution is 2.29. The molecule has 0 saturated heterocycles. The molecule has 8 heteroatoms. The lowest BCUT2D eigenvalue weighted by Gasteiger charge is -2.13. The molecule has 27 heavy (non-hydrogen) atoms. The van der Waals surface area contributed by atoms with E-state index >= 15 is 0 Å². The second-order valence-electron chi connectivity index (χ2n) is 5.71. The first-order chi connectivity index (χ1) is 13.1. The number of nitrogens with one attached hydrogen (secondary N) is 2. The molecular weight excluding hydrogens is 428 g/mol. The fourth-order valence-corrected chi connectivity index (χ4v) is 3.13. The minimum Gasteiger partial charge on any atom is -0.493 e. The van der Waals surface area contributed by atoms with Crippen molar-refractivity contribution in [1.29, 1.82) is 0 Å². The van der Waals surface area contributed by atoms with Crippen molar-refractivity contribution in [3.8, 4) is 11.5 Å². The first-order valence-corrected chi connectivity index (χ1v) is 9.34. The zero-order chi connectivity index (χ0) is 19.2. The molecule has 2 aromatic carbocycles. The van der Waals surface area contributed by atoms with Gasteiger partial charge in [0.05, 0.1) is 31.4 Å². The van der Waals surface area contributed by atoms with Gasteiger partial charge in [-0.15, -0.1) is 0 Å². The van der Waals surface area contributed by atoms with Crippen LogP contribution in [0.1, 0.15) is 5.56 Å². The third kappa shape index (κ3) is 5.21. The van der Waals surface area contributed by atoms with Crippen LogP contribution >= 0.6 is 28.1 Å². The van der Waals surface area contributed by atoms with Crippen LogP contribution in [-0.2, 0) is 6.54 Å². The molecule has 0 aliphatic carbocycles. The van der Waals surface area contributed by atoms with Gasteiger partial charge in [0, 0.05) is 23.6 Å². The SMILES string of the molecule is COc1ccc(NC(=S)Nc2cccc(Cn3cc(Br)cn3)c2)cc1OC. The number of halogens is 1. The van der Waals surface area contributed by atoms with Gasteiger partial charge >= 0.3 is 0 Å². The van der Waals surface area contributed by atoms with Gasteiger partial charge in [-0.05, 0) is 58.0 Å². The summed E-state index contributed by atoms with van der Waals surface area (Å²) < 4.78 is 13.4. The van der Waals surface area contributed by atoms with Crippen LogP contribution in [0, 0.1) is 0 Å². The van der Waals surface area contributed by atoms with E-state index in [1.54, 1.807) is 20.4 Å². The number of rotatable bonds is 6. The van der Waals surface area contributed by atoms with Crippen LogP contribution in [0.3, 0.4) is 0 Å². The normalized spacial score (nSPS) is 10.3. The quantitative estimate of drug-likeness (QED) is 0.542. The molecule has 0 radical (unpaired) electrons. The van der Waals surface area contributed by atoms with Crippen LogP contribution < -0.4 is 20.1 Å². The maximum atomic E-state index is 5.42. The van der Waals surface area contributed by atoms with E-state index in [1.807, 2.05) is 53.3 Å². The topological polar surface area (TPSA) is 60.3 Å². The summed E-state index contributed by atoms with van der Waals surface area (Å²) in [6.07, 6.45) is 3.70. The highest BCUT2D eigenvalue weighted by Gasteiger charge is 2.06. The largest absolute Gasteiger partial charge is 0.493 e. The lowest BCUT2D eigenvalue weighted by Crippen LogP contribution is -2.19. The summed E-state index contributed by atoms with van der Waals surface area (Å²) in [5.41, 5.74) is 2.82. The third-order valence-electron chi connectivity index (χ3n) is 3.77. The minimum atomic E-state index is 0.487. The molecule has 3 aromatic rings. The summed E-state index contributed by atoms with van der Waals surface area (Å²) in [4.78, 5) is 0. The van der Waals surface area contributed by atoms with E-state index in [-0.39, 0.29) is 0 Å². The second kappa shape index (κ2) is 8.88. The molecule has 140 valence electrons. The Kier molecular flexibility index (Phi) is 6.31. The Morgan fingerprint density at radius 1 is 1.07 bits per heavy atom. The lowest BCUT2D eigenvalue weighted by atomic mass is 10.2. The molecule has 0 atom stereocenters. The van der Waals surface area contributed by atoms with Gasteiger partial charge in [0.25, 0.3) is 0 Å². The smallest absolute Gasteiger partial charge is 0.175 e. The summed E-state index contributed by atoms with van der Waals surface area (Å²) in [6.45, 7) is 0.678. The van der Waals surface area contributed by atoms with Gasteiger partial charge in [0.15, 0.2) is 16.6 Å². The second-order valence-corrected chi connectivity index (χ2v) is 7.03. The van der Waals surface area contributed by atoms with E-state index in [0.29, 0.717) is 23.2 Å². The molecule has 1 heterocycles. The first kappa shape index (κ1) is 19.2. The molecule has 3 rings (SSSR count). The summed E-state index contributed by atoms with van der Waals surface area (Å²) in [6, 6.07) is 13.6. The first-order valence-electron chi connectivity index (χ1n) is 8.14. The number of ether oxygens (including phenoxy) is 2. The fraction of sp³-hybridized carbons (Fsp3) is 0.158. The summed E-state index contributed by atoms with van der Waals surface area (Å²) in [5, 5.41) is 11.1. The minimum absolute atomic E-state index is 0.487. The highest BCUT2D eigenvalue weighted by molar-refractivity contribution is 9.10. The van der Waals surface area contributed by atoms with Gasteiger partial charge in [-0.2, -0.15) is 5.10 Å². The van der Waals surface area contributed by atoms with Crippen molar-refractivity contribution in [2.75, 3.05) is 24.9 Å². The maximum absolute atomic E-state index is 5.42. The molecule has 2 N–H and O–H groups in total. The molecule has 0 amide bonds. The number of nitrogens with zero attached hydrogens (tertiary/aromatic N) is 2. The van der Waals surface area contributed by atoms with E-state index in [0.717, 1.165) is 21.4 Å². The monoisotopic (exact) mass is 446 g/mol. The zero-order valence-corrected chi connectivity index (χ0v) is 17.3. The molecule has 0 unspecified atom stereocenters. The molecule has 0 spiro atoms. The van der Waals surface area contributed by atoms with Crippen LogP contribution in [0.5, 0.6) is 11.5 Å². The van der Waals surface area contributed by atoms with E-state index in [2.05, 4.69) is 31.7 Å². The van der Waals surface area contributed by atoms with Crippen molar-refractivity contribution in [2.45, 2.75) is 6.54 Å². The number of methoxy groups -OCH3 is 2. The van der Waals surface area contributed by atoms with Gasteiger partial charge in [-0.1, -0.05) is 12.1 Å². The Bertz CT molecular complexity index is 945. The van der Waals surface area contributed by atoms with Crippen molar-refractivity contribution in [3.63, 3.8) is 0 Å². The molecule has 0 aliphatic heterocycles. The molecule has 0 saturated carbocycles. The van der Waals surface area contributed by atoms with Gasteiger partial charge in [-0.25, -0.2) is 0 Å². The average Bonchev–Trinajstić information content (AvgIpc) is 3.06. The Morgan fingerprint density at radius 2 is 1.81 bits per heavy atom. The number of hydrogen-bond donors (Lipinski definition) is 2. The van der Waals surface area contributed by atoms with Crippen molar-refractivity contribution in [1.82, 2.24) is 9.78 Å². The van der Waals surface area contributed by atoms with Crippen molar-refractivity contribution in [2.24, 2.45) is 0 Å². The Balaban J connectivity index is 1.65. The molecular formula is C19H19BrN4O2S. The highest BCUT2D eigenvalue weighted by atomic mass is 79.9. The fourth-order valence-electron chi connectivity index (χ4n) is 2.57. The Labute approximate surface area is 171 Å². The summed E-state index contributed by atoms with van der Waals surface area (Å²) in [5.74, 6) is 1.30. The number of thiocarbonyl (C=S) groups is 1. The van der Waals surface area contributed by atoms with E-state index in [4.69, 9.17) is 21.7 Å². The Morgan fingerprint density at radius 3 is 2.48 bits per heavy atom. The number of hydrogen-bond acceptors (Lipinski definition) is 4. The third-order valence-corrected chi connectivity index (χ3v) is 4.39. The molecule has 0 aliphatic rings. The molecule has 0 fully saturated rings. The summed E-state index contributed by atoms with van der Waals surface area (Å²) in [7, 11) is 3.20. The van der Waals surface area contributed by atoms with Crippen molar-refractivity contribution in [3.05, 3.63) is 64.9 Å². The van der Waals surface area contributed by atoms with Crippen LogP contribution in [0.4, 0.5) is 11.4 Å². The van der Waals surface area contributed by atoms with Gasteiger partial charge in [0.2, 0.25) is 0 Å². The molecule has 1 aromatic heterocycles. The van der Waals surface area contributed by atoms with Crippen LogP contribution in [-0.4, -0.2) is 29.1 Å². The number of benzene rings is 2. The van der Waals surface area contributed by atoms with Crippen molar-refractivity contribution >= 4 is 44.6 Å². The standard InChI is InChI=1S/C19H19BrN4O2S/c1-25-17-7-6-16(9-18(17)26-2)23-19(27)22-15-5-3-4-13(8-15)11-24-12-14(20)10-21-24/h3-10,12H,11H2,1-2H3,(H2,22,23,27). The number of aromatic nitrogens is 2. The Hall–Kier alpha value is -2.58. The average molecular weight is 447 g/mol. The van der Waals surface area contributed by atoms with E-state index < -0.39 is 0 Å². The zero-order valence-electron chi connectivity index (χ0n) is 14.9. The lowest BCUT2D eigenvalue weighted by molar-refractivity contribution is 0.355. The summed E-state index contributed by atoms with van der Waals surface area (Å²) >= 11 is 8.82. The van der Waals surface area contributed by atoms with E-state index in [9.17, 15) is 0 Å². The van der Waals surface area contributed by atoms with Gasteiger partial charge in [-0.3, -0.25) is 4.68 Å².